The van der Waals surface area contributed by atoms with Gasteiger partial charge in [-0.25, -0.2) is 4.79 Å². The van der Waals surface area contributed by atoms with E-state index in [2.05, 4.69) is 17.1 Å². The second-order valence-electron chi connectivity index (χ2n) is 4.71. The van der Waals surface area contributed by atoms with E-state index < -0.39 is 5.97 Å². The molecule has 1 fully saturated rings. The average Bonchev–Trinajstić information content (AvgIpc) is 2.97. The molecule has 0 saturated carbocycles. The van der Waals surface area contributed by atoms with Crippen molar-refractivity contribution < 1.29 is 14.4 Å². The highest BCUT2D eigenvalue weighted by Gasteiger charge is 2.28. The van der Waals surface area contributed by atoms with E-state index >= 15 is 0 Å². The molecule has 0 spiro atoms. The quantitative estimate of drug-likeness (QED) is 0.928. The van der Waals surface area contributed by atoms with Crippen molar-refractivity contribution in [1.82, 2.24) is 10.1 Å². The molecule has 2 heterocycles. The Morgan fingerprint density at radius 3 is 2.95 bits per heavy atom. The van der Waals surface area contributed by atoms with Crippen molar-refractivity contribution in [3.05, 3.63) is 35.7 Å². The van der Waals surface area contributed by atoms with E-state index in [9.17, 15) is 4.79 Å². The van der Waals surface area contributed by atoms with Crippen molar-refractivity contribution in [2.45, 2.75) is 17.4 Å². The van der Waals surface area contributed by atoms with E-state index in [-0.39, 0.29) is 10.8 Å². The van der Waals surface area contributed by atoms with Crippen LogP contribution in [0, 0.1) is 0 Å². The first kappa shape index (κ1) is 14.5. The van der Waals surface area contributed by atoms with E-state index in [1.54, 1.807) is 24.3 Å². The Kier molecular flexibility index (Phi) is 4.21. The third-order valence-corrected chi connectivity index (χ3v) is 6.33. The second kappa shape index (κ2) is 6.11. The van der Waals surface area contributed by atoms with Crippen molar-refractivity contribution in [2.75, 3.05) is 11.5 Å². The smallest absolute Gasteiger partial charge is 0.335 e. The van der Waals surface area contributed by atoms with Crippen molar-refractivity contribution in [1.29, 1.82) is 0 Å². The predicted octanol–water partition coefficient (Wildman–Crippen LogP) is 3.34. The summed E-state index contributed by atoms with van der Waals surface area (Å²) in [7, 11) is 0. The van der Waals surface area contributed by atoms with Gasteiger partial charge in [0.05, 0.1) is 10.8 Å². The van der Waals surface area contributed by atoms with Gasteiger partial charge in [0, 0.05) is 22.3 Å². The Morgan fingerprint density at radius 1 is 1.38 bits per heavy atom. The molecular formula is C14H14N2O3S2. The molecule has 7 heteroatoms. The molecule has 0 radical (unpaired) electrons. The summed E-state index contributed by atoms with van der Waals surface area (Å²) >= 11 is 3.75. The maximum atomic E-state index is 11.0. The summed E-state index contributed by atoms with van der Waals surface area (Å²) in [5, 5.41) is 13.8. The number of benzene rings is 1. The monoisotopic (exact) mass is 322 g/mol. The first-order valence-electron chi connectivity index (χ1n) is 6.55. The van der Waals surface area contributed by atoms with E-state index in [1.807, 2.05) is 23.5 Å². The molecule has 2 aromatic rings. The zero-order chi connectivity index (χ0) is 14.8. The number of thioether (sulfide) groups is 2. The number of hydrogen-bond acceptors (Lipinski definition) is 6. The number of aromatic carboxylic acids is 1. The van der Waals surface area contributed by atoms with Crippen LogP contribution < -0.4 is 0 Å². The van der Waals surface area contributed by atoms with Crippen molar-refractivity contribution >= 4 is 29.5 Å². The fourth-order valence-corrected chi connectivity index (χ4v) is 4.85. The molecule has 2 unspecified atom stereocenters. The summed E-state index contributed by atoms with van der Waals surface area (Å²) in [6, 6.07) is 6.54. The zero-order valence-electron chi connectivity index (χ0n) is 11.4. The van der Waals surface area contributed by atoms with Crippen LogP contribution in [0.25, 0.3) is 11.5 Å². The van der Waals surface area contributed by atoms with Crippen molar-refractivity contribution in [3.8, 4) is 11.5 Å². The van der Waals surface area contributed by atoms with Crippen molar-refractivity contribution in [2.24, 2.45) is 0 Å². The SMILES string of the molecule is CC1SCCSC1c1noc(-c2cccc(C(=O)O)c2)n1. The first-order valence-corrected chi connectivity index (χ1v) is 8.65. The van der Waals surface area contributed by atoms with Gasteiger partial charge in [-0.2, -0.15) is 16.7 Å². The van der Waals surface area contributed by atoms with Gasteiger partial charge in [0.15, 0.2) is 5.82 Å². The second-order valence-corrected chi connectivity index (χ2v) is 7.45. The molecule has 1 saturated heterocycles. The minimum Gasteiger partial charge on any atom is -0.478 e. The number of hydrogen-bond donors (Lipinski definition) is 1. The first-order chi connectivity index (χ1) is 10.1. The lowest BCUT2D eigenvalue weighted by molar-refractivity contribution is 0.0697. The zero-order valence-corrected chi connectivity index (χ0v) is 13.0. The van der Waals surface area contributed by atoms with Crippen LogP contribution in [0.4, 0.5) is 0 Å². The molecule has 0 amide bonds. The predicted molar refractivity (Wildman–Crippen MR) is 83.8 cm³/mol. The lowest BCUT2D eigenvalue weighted by atomic mass is 10.1. The van der Waals surface area contributed by atoms with E-state index in [0.29, 0.717) is 22.5 Å². The van der Waals surface area contributed by atoms with E-state index in [1.165, 1.54) is 0 Å². The van der Waals surface area contributed by atoms with E-state index in [4.69, 9.17) is 9.63 Å². The highest BCUT2D eigenvalue weighted by atomic mass is 32.2. The van der Waals surface area contributed by atoms with Crippen LogP contribution in [0.3, 0.4) is 0 Å². The summed E-state index contributed by atoms with van der Waals surface area (Å²) in [6.07, 6.45) is 0. The average molecular weight is 322 g/mol. The normalized spacial score (nSPS) is 22.1. The number of aromatic nitrogens is 2. The Labute approximate surface area is 130 Å². The van der Waals surface area contributed by atoms with Gasteiger partial charge in [0.1, 0.15) is 0 Å². The van der Waals surface area contributed by atoms with Crippen LogP contribution in [0.1, 0.15) is 28.4 Å². The molecule has 21 heavy (non-hydrogen) atoms. The molecule has 3 rings (SSSR count). The molecule has 1 aromatic heterocycles. The van der Waals surface area contributed by atoms with Crippen LogP contribution >= 0.6 is 23.5 Å². The van der Waals surface area contributed by atoms with Gasteiger partial charge in [0.25, 0.3) is 5.89 Å². The third kappa shape index (κ3) is 3.08. The van der Waals surface area contributed by atoms with Crippen LogP contribution in [0.5, 0.6) is 0 Å². The molecule has 110 valence electrons. The lowest BCUT2D eigenvalue weighted by Crippen LogP contribution is -2.16. The number of rotatable bonds is 3. The Balaban J connectivity index is 1.87. The fraction of sp³-hybridized carbons (Fsp3) is 0.357. The number of carbonyl (C=O) groups is 1. The van der Waals surface area contributed by atoms with Gasteiger partial charge >= 0.3 is 5.97 Å². The van der Waals surface area contributed by atoms with E-state index in [0.717, 1.165) is 11.5 Å². The lowest BCUT2D eigenvalue weighted by Gasteiger charge is -2.24. The van der Waals surface area contributed by atoms with Crippen LogP contribution in [-0.2, 0) is 0 Å². The summed E-state index contributed by atoms with van der Waals surface area (Å²) in [5.41, 5.74) is 0.845. The number of carboxylic acid groups (broad SMARTS) is 1. The van der Waals surface area contributed by atoms with Gasteiger partial charge in [-0.05, 0) is 18.2 Å². The standard InChI is InChI=1S/C14H14N2O3S2/c1-8-11(21-6-5-20-8)12-15-13(19-16-12)9-3-2-4-10(7-9)14(17)18/h2-4,7-8,11H,5-6H2,1H3,(H,17,18). The summed E-state index contributed by atoms with van der Waals surface area (Å²) in [6.45, 7) is 2.17. The van der Waals surface area contributed by atoms with Gasteiger partial charge < -0.3 is 9.63 Å². The maximum Gasteiger partial charge on any atom is 0.335 e. The molecule has 1 aliphatic heterocycles. The van der Waals surface area contributed by atoms with Gasteiger partial charge in [0.2, 0.25) is 0 Å². The van der Waals surface area contributed by atoms with Crippen LogP contribution in [0.15, 0.2) is 28.8 Å². The molecule has 1 N–H and O–H groups in total. The largest absolute Gasteiger partial charge is 0.478 e. The fourth-order valence-electron chi connectivity index (χ4n) is 2.17. The minimum atomic E-state index is -0.968. The molecule has 1 aromatic carbocycles. The molecular weight excluding hydrogens is 308 g/mol. The van der Waals surface area contributed by atoms with Gasteiger partial charge in [-0.3, -0.25) is 0 Å². The molecule has 0 aliphatic carbocycles. The Hall–Kier alpha value is -1.47. The molecule has 5 nitrogen and oxygen atoms in total. The topological polar surface area (TPSA) is 76.2 Å². The van der Waals surface area contributed by atoms with Gasteiger partial charge in [-0.15, -0.1) is 11.8 Å². The minimum absolute atomic E-state index is 0.211. The third-order valence-electron chi connectivity index (χ3n) is 3.24. The Morgan fingerprint density at radius 2 is 2.19 bits per heavy atom. The molecule has 0 bridgehead atoms. The number of carboxylic acids is 1. The van der Waals surface area contributed by atoms with Gasteiger partial charge in [-0.1, -0.05) is 18.1 Å². The Bertz CT molecular complexity index is 659. The van der Waals surface area contributed by atoms with Crippen LogP contribution in [-0.4, -0.2) is 38.0 Å². The number of nitrogens with zero attached hydrogens (tertiary/aromatic N) is 2. The highest BCUT2D eigenvalue weighted by Crippen LogP contribution is 2.41. The summed E-state index contributed by atoms with van der Waals surface area (Å²) in [5.74, 6) is 2.32. The van der Waals surface area contributed by atoms with Crippen molar-refractivity contribution in [3.63, 3.8) is 0 Å². The van der Waals surface area contributed by atoms with Crippen LogP contribution in [0.2, 0.25) is 0 Å². The maximum absolute atomic E-state index is 11.0. The molecule has 2 atom stereocenters. The summed E-state index contributed by atoms with van der Waals surface area (Å²) < 4.78 is 5.31. The molecule has 1 aliphatic rings. The highest BCUT2D eigenvalue weighted by molar-refractivity contribution is 8.06. The summed E-state index contributed by atoms with van der Waals surface area (Å²) in [4.78, 5) is 15.5.